The molecule has 0 saturated heterocycles. The van der Waals surface area contributed by atoms with Crippen molar-refractivity contribution in [3.05, 3.63) is 37.4 Å². The molecular weight excluding hydrogens is 275 g/mol. The van der Waals surface area contributed by atoms with Crippen LogP contribution in [0.5, 0.6) is 0 Å². The standard InChI is InChI=1S/2C3H4N2.C2H2O4.Ni/c2*1-2-5-3-4-1;3-1(4)2(5)6;/h2*1-3H,(H,4,5);(H,3,4)(H,5,6);/q;;;+2/p-2. The Balaban J connectivity index is 0. The van der Waals surface area contributed by atoms with E-state index in [0.717, 1.165) is 0 Å². The average molecular weight is 283 g/mol. The van der Waals surface area contributed by atoms with E-state index in [4.69, 9.17) is 19.8 Å². The quantitative estimate of drug-likeness (QED) is 0.398. The number of hydrogen-bond acceptors (Lipinski definition) is 6. The minimum absolute atomic E-state index is 0. The normalized spacial score (nSPS) is 7.29. The minimum Gasteiger partial charge on any atom is -0.543 e. The fourth-order valence-electron chi connectivity index (χ4n) is 0.430. The van der Waals surface area contributed by atoms with Crippen molar-refractivity contribution in [2.75, 3.05) is 0 Å². The number of aromatic amines is 2. The van der Waals surface area contributed by atoms with Gasteiger partial charge in [-0.3, -0.25) is 0 Å². The second-order valence-electron chi connectivity index (χ2n) is 2.10. The van der Waals surface area contributed by atoms with Crippen LogP contribution in [0.4, 0.5) is 0 Å². The molecule has 0 aliphatic carbocycles. The van der Waals surface area contributed by atoms with Gasteiger partial charge in [0, 0.05) is 24.8 Å². The van der Waals surface area contributed by atoms with Gasteiger partial charge >= 0.3 is 16.5 Å². The Hall–Kier alpha value is -2.15. The first-order valence-corrected chi connectivity index (χ1v) is 3.92. The van der Waals surface area contributed by atoms with E-state index in [1.807, 2.05) is 0 Å². The van der Waals surface area contributed by atoms with Crippen LogP contribution in [0.1, 0.15) is 0 Å². The summed E-state index contributed by atoms with van der Waals surface area (Å²) in [4.78, 5) is 30.7. The molecule has 0 bridgehead atoms. The van der Waals surface area contributed by atoms with Crippen molar-refractivity contribution >= 4 is 11.9 Å². The Morgan fingerprint density at radius 1 is 0.882 bits per heavy atom. The van der Waals surface area contributed by atoms with Gasteiger partial charge in [-0.25, -0.2) is 9.97 Å². The number of hydrogen-bond donors (Lipinski definition) is 2. The van der Waals surface area contributed by atoms with Crippen LogP contribution in [0.2, 0.25) is 0 Å². The molecule has 0 spiro atoms. The zero-order chi connectivity index (χ0) is 12.2. The second kappa shape index (κ2) is 11.9. The first-order valence-electron chi connectivity index (χ1n) is 3.92. The number of carbonyl (C=O) groups is 2. The molecule has 0 saturated carbocycles. The maximum absolute atomic E-state index is 8.93. The first kappa shape index (κ1) is 17.3. The zero-order valence-electron chi connectivity index (χ0n) is 8.31. The summed E-state index contributed by atoms with van der Waals surface area (Å²) in [6, 6.07) is 0. The SMILES string of the molecule is O=C([O-])C(=O)[O-].[Ni+2].c1c[nH]cn1.c1c[nH]cn1. The number of nitrogens with one attached hydrogen (secondary N) is 2. The van der Waals surface area contributed by atoms with Gasteiger partial charge in [-0.05, 0) is 0 Å². The van der Waals surface area contributed by atoms with Gasteiger partial charge in [-0.15, -0.1) is 0 Å². The van der Waals surface area contributed by atoms with Gasteiger partial charge in [0.2, 0.25) is 0 Å². The maximum Gasteiger partial charge on any atom is 2.00 e. The Bertz CT molecular complexity index is 303. The third-order valence-corrected chi connectivity index (χ3v) is 0.978. The van der Waals surface area contributed by atoms with Crippen LogP contribution in [0.3, 0.4) is 0 Å². The molecule has 0 amide bonds. The molecule has 2 rings (SSSR count). The maximum atomic E-state index is 8.93. The van der Waals surface area contributed by atoms with Gasteiger partial charge in [-0.2, -0.15) is 0 Å². The monoisotopic (exact) mass is 282 g/mol. The molecule has 2 N–H and O–H groups in total. The van der Waals surface area contributed by atoms with Crippen molar-refractivity contribution in [2.45, 2.75) is 0 Å². The van der Waals surface area contributed by atoms with Crippen molar-refractivity contribution in [1.29, 1.82) is 0 Å². The number of rotatable bonds is 0. The molecule has 0 aromatic carbocycles. The fourth-order valence-corrected chi connectivity index (χ4v) is 0.430. The van der Waals surface area contributed by atoms with Gasteiger partial charge in [-0.1, -0.05) is 0 Å². The van der Waals surface area contributed by atoms with Crippen LogP contribution >= 0.6 is 0 Å². The Labute approximate surface area is 106 Å². The summed E-state index contributed by atoms with van der Waals surface area (Å²) in [5.41, 5.74) is 0. The molecule has 0 radical (unpaired) electrons. The van der Waals surface area contributed by atoms with E-state index < -0.39 is 11.9 Å². The van der Waals surface area contributed by atoms with Crippen LogP contribution in [0, 0.1) is 0 Å². The van der Waals surface area contributed by atoms with Crippen LogP contribution in [0.15, 0.2) is 37.4 Å². The molecule has 0 aliphatic rings. The molecule has 0 aliphatic heterocycles. The van der Waals surface area contributed by atoms with Gasteiger partial charge in [0.05, 0.1) is 24.6 Å². The van der Waals surface area contributed by atoms with Crippen molar-refractivity contribution in [1.82, 2.24) is 19.9 Å². The predicted octanol–water partition coefficient (Wildman–Crippen LogP) is -2.70. The predicted molar refractivity (Wildman–Crippen MR) is 47.2 cm³/mol. The van der Waals surface area contributed by atoms with Crippen LogP contribution in [-0.4, -0.2) is 31.9 Å². The van der Waals surface area contributed by atoms with E-state index in [1.165, 1.54) is 0 Å². The molecule has 17 heavy (non-hydrogen) atoms. The van der Waals surface area contributed by atoms with Crippen molar-refractivity contribution in [2.24, 2.45) is 0 Å². The van der Waals surface area contributed by atoms with Crippen molar-refractivity contribution in [3.63, 3.8) is 0 Å². The van der Waals surface area contributed by atoms with E-state index in [0.29, 0.717) is 0 Å². The average Bonchev–Trinajstić information content (AvgIpc) is 2.97. The number of carboxylic acids is 2. The third kappa shape index (κ3) is 13.9. The van der Waals surface area contributed by atoms with E-state index in [9.17, 15) is 0 Å². The number of carboxylic acid groups (broad SMARTS) is 2. The van der Waals surface area contributed by atoms with E-state index >= 15 is 0 Å². The van der Waals surface area contributed by atoms with Crippen LogP contribution in [0.25, 0.3) is 0 Å². The summed E-state index contributed by atoms with van der Waals surface area (Å²) in [6.45, 7) is 0. The fraction of sp³-hybridized carbons (Fsp3) is 0. The minimum atomic E-state index is -2.19. The Morgan fingerprint density at radius 3 is 1.29 bits per heavy atom. The van der Waals surface area contributed by atoms with Crippen molar-refractivity contribution < 1.29 is 36.3 Å². The summed E-state index contributed by atoms with van der Waals surface area (Å²) in [7, 11) is 0. The Kier molecular flexibility index (Phi) is 12.1. The van der Waals surface area contributed by atoms with Gasteiger partial charge in [0.25, 0.3) is 0 Å². The molecule has 8 nitrogen and oxygen atoms in total. The Morgan fingerprint density at radius 2 is 1.24 bits per heavy atom. The molecular formula is C8H8N4NiO4. The molecule has 0 unspecified atom stereocenters. The summed E-state index contributed by atoms with van der Waals surface area (Å²) < 4.78 is 0. The summed E-state index contributed by atoms with van der Waals surface area (Å²) >= 11 is 0. The number of nitrogens with zero attached hydrogens (tertiary/aromatic N) is 2. The largest absolute Gasteiger partial charge is 2.00 e. The smallest absolute Gasteiger partial charge is 0.543 e. The van der Waals surface area contributed by atoms with Crippen LogP contribution in [-0.2, 0) is 26.1 Å². The number of imidazole rings is 2. The van der Waals surface area contributed by atoms with Gasteiger partial charge in [0.15, 0.2) is 0 Å². The van der Waals surface area contributed by atoms with E-state index in [1.54, 1.807) is 37.4 Å². The summed E-state index contributed by atoms with van der Waals surface area (Å²) in [6.07, 6.45) is 10.2. The molecule has 0 fully saturated rings. The van der Waals surface area contributed by atoms with Gasteiger partial charge in [0.1, 0.15) is 0 Å². The van der Waals surface area contributed by atoms with E-state index in [-0.39, 0.29) is 16.5 Å². The van der Waals surface area contributed by atoms with E-state index in [2.05, 4.69) is 19.9 Å². The molecule has 2 aromatic rings. The second-order valence-corrected chi connectivity index (χ2v) is 2.10. The molecule has 94 valence electrons. The number of carbonyl (C=O) groups excluding carboxylic acids is 2. The molecule has 2 heterocycles. The van der Waals surface area contributed by atoms with Crippen molar-refractivity contribution in [3.8, 4) is 0 Å². The molecule has 9 heteroatoms. The number of H-pyrrole nitrogens is 2. The summed E-state index contributed by atoms with van der Waals surface area (Å²) in [5.74, 6) is -4.37. The number of aliphatic carboxylic acids is 2. The topological polar surface area (TPSA) is 138 Å². The zero-order valence-corrected chi connectivity index (χ0v) is 9.30. The van der Waals surface area contributed by atoms with Crippen LogP contribution < -0.4 is 10.2 Å². The number of aromatic nitrogens is 4. The molecule has 2 aromatic heterocycles. The summed E-state index contributed by atoms with van der Waals surface area (Å²) in [5, 5.41) is 17.9. The van der Waals surface area contributed by atoms with Gasteiger partial charge < -0.3 is 29.8 Å². The molecule has 0 atom stereocenters. The first-order chi connectivity index (χ1) is 7.64. The third-order valence-electron chi connectivity index (χ3n) is 0.978.